The van der Waals surface area contributed by atoms with E-state index in [1.54, 1.807) is 53.5 Å². The van der Waals surface area contributed by atoms with E-state index in [9.17, 15) is 39.1 Å². The zero-order chi connectivity index (χ0) is 39.8. The number of nitrogens with one attached hydrogen (secondary N) is 2. The van der Waals surface area contributed by atoms with Gasteiger partial charge in [-0.05, 0) is 72.9 Å². The Morgan fingerprint density at radius 2 is 1.07 bits per heavy atom. The van der Waals surface area contributed by atoms with E-state index in [1.807, 2.05) is 6.08 Å². The van der Waals surface area contributed by atoms with Crippen LogP contribution in [0.25, 0.3) is 11.1 Å². The molecule has 4 aromatic rings. The number of rotatable bonds is 10. The SMILES string of the molecule is CS(=O)(=O)c1ccc(/C(=C\C2CCS(=O)(=O)CC2)C(=O)Nc2nccs2)cc1.CS(=O)(=O)c1ccc(/C(=C\C2CCS(=O)CC2)C(=O)Nc2nccs2)cc1. The van der Waals surface area contributed by atoms with Gasteiger partial charge in [0.05, 0.1) is 21.3 Å². The normalized spacial score (nSPS) is 19.5. The number of allylic oxidation sites excluding steroid dienone is 2. The second kappa shape index (κ2) is 18.4. The van der Waals surface area contributed by atoms with Crippen molar-refractivity contribution in [1.29, 1.82) is 0 Å². The van der Waals surface area contributed by atoms with Crippen LogP contribution in [0.4, 0.5) is 10.3 Å². The van der Waals surface area contributed by atoms with E-state index in [0.29, 0.717) is 56.9 Å². The number of aromatic nitrogens is 2. The van der Waals surface area contributed by atoms with Gasteiger partial charge in [-0.15, -0.1) is 22.7 Å². The summed E-state index contributed by atoms with van der Waals surface area (Å²) >= 11 is 2.61. The van der Waals surface area contributed by atoms with Crippen LogP contribution in [0.1, 0.15) is 36.8 Å². The first-order valence-corrected chi connectivity index (χ1v) is 25.8. The molecule has 0 spiro atoms. The molecular weight excluding hydrogens is 825 g/mol. The van der Waals surface area contributed by atoms with Crippen molar-refractivity contribution in [3.8, 4) is 0 Å². The van der Waals surface area contributed by atoms with Gasteiger partial charge in [0.25, 0.3) is 11.8 Å². The number of thiazole rings is 2. The first-order valence-electron chi connectivity index (χ1n) is 17.0. The maximum Gasteiger partial charge on any atom is 0.257 e. The molecule has 4 heterocycles. The number of hydrogen-bond acceptors (Lipinski definition) is 13. The predicted octanol–water partition coefficient (Wildman–Crippen LogP) is 5.12. The number of benzene rings is 2. The van der Waals surface area contributed by atoms with Crippen LogP contribution in [0.5, 0.6) is 0 Å². The molecule has 0 radical (unpaired) electrons. The van der Waals surface area contributed by atoms with E-state index >= 15 is 0 Å². The van der Waals surface area contributed by atoms with Gasteiger partial charge in [-0.25, -0.2) is 35.2 Å². The lowest BCUT2D eigenvalue weighted by molar-refractivity contribution is -0.111. The Morgan fingerprint density at radius 3 is 1.42 bits per heavy atom. The van der Waals surface area contributed by atoms with E-state index < -0.39 is 40.3 Å². The molecule has 0 aliphatic carbocycles. The Bertz CT molecular complexity index is 2370. The highest BCUT2D eigenvalue weighted by Gasteiger charge is 2.25. The highest BCUT2D eigenvalue weighted by Crippen LogP contribution is 2.28. The summed E-state index contributed by atoms with van der Waals surface area (Å²) in [6.45, 7) is 0. The van der Waals surface area contributed by atoms with Crippen LogP contribution in [0.3, 0.4) is 0 Å². The molecule has 0 atom stereocenters. The minimum Gasteiger partial charge on any atom is -0.298 e. The first-order chi connectivity index (χ1) is 26.0. The third-order valence-corrected chi connectivity index (χ3v) is 15.5. The Hall–Kier alpha value is -3.88. The van der Waals surface area contributed by atoms with Gasteiger partial charge in [0, 0.05) is 69.1 Å². The van der Waals surface area contributed by atoms with Gasteiger partial charge >= 0.3 is 0 Å². The molecule has 2 amide bonds. The molecule has 2 aromatic carbocycles. The second-order valence-corrected chi connectivity index (χ2v) is 22.8. The second-order valence-electron chi connectivity index (χ2n) is 13.0. The summed E-state index contributed by atoms with van der Waals surface area (Å²) in [6.07, 6.45) is 11.6. The summed E-state index contributed by atoms with van der Waals surface area (Å²) in [7, 11) is -10.4. The molecule has 13 nitrogen and oxygen atoms in total. The summed E-state index contributed by atoms with van der Waals surface area (Å²) in [4.78, 5) is 34.2. The van der Waals surface area contributed by atoms with Crippen molar-refractivity contribution in [3.05, 3.63) is 95.0 Å². The quantitative estimate of drug-likeness (QED) is 0.200. The van der Waals surface area contributed by atoms with Gasteiger partial charge in [-0.1, -0.05) is 36.4 Å². The van der Waals surface area contributed by atoms with Crippen LogP contribution < -0.4 is 10.6 Å². The van der Waals surface area contributed by atoms with Crippen LogP contribution in [-0.2, 0) is 49.9 Å². The highest BCUT2D eigenvalue weighted by atomic mass is 32.2. The van der Waals surface area contributed by atoms with Crippen molar-refractivity contribution in [1.82, 2.24) is 9.97 Å². The molecule has 2 aromatic heterocycles. The average Bonchev–Trinajstić information content (AvgIpc) is 3.85. The van der Waals surface area contributed by atoms with Crippen LogP contribution in [-0.4, -0.2) is 86.8 Å². The van der Waals surface area contributed by atoms with Crippen molar-refractivity contribution in [2.24, 2.45) is 11.8 Å². The minimum absolute atomic E-state index is 0.0462. The molecule has 2 aliphatic heterocycles. The summed E-state index contributed by atoms with van der Waals surface area (Å²) < 4.78 is 81.6. The number of amides is 2. The van der Waals surface area contributed by atoms with Gasteiger partial charge < -0.3 is 0 Å². The molecule has 294 valence electrons. The lowest BCUT2D eigenvalue weighted by atomic mass is 9.95. The third kappa shape index (κ3) is 12.6. The number of sulfone groups is 3. The van der Waals surface area contributed by atoms with E-state index in [4.69, 9.17) is 0 Å². The van der Waals surface area contributed by atoms with Crippen LogP contribution in [0, 0.1) is 11.8 Å². The van der Waals surface area contributed by atoms with Gasteiger partial charge in [0.2, 0.25) is 0 Å². The molecule has 19 heteroatoms. The molecule has 6 rings (SSSR count). The molecular formula is C36H40N4O9S6. The summed E-state index contributed by atoms with van der Waals surface area (Å²) in [5.41, 5.74) is 2.06. The van der Waals surface area contributed by atoms with Crippen LogP contribution >= 0.6 is 22.7 Å². The number of anilines is 2. The Labute approximate surface area is 331 Å². The molecule has 2 saturated heterocycles. The Balaban J connectivity index is 0.000000211. The lowest BCUT2D eigenvalue weighted by Gasteiger charge is -2.20. The van der Waals surface area contributed by atoms with Gasteiger partial charge in [-0.2, -0.15) is 0 Å². The summed E-state index contributed by atoms with van der Waals surface area (Å²) in [5, 5.41) is 9.99. The molecule has 0 unspecified atom stereocenters. The van der Waals surface area contributed by atoms with Crippen molar-refractivity contribution in [2.45, 2.75) is 35.5 Å². The van der Waals surface area contributed by atoms with Gasteiger partial charge in [0.15, 0.2) is 29.9 Å². The highest BCUT2D eigenvalue weighted by molar-refractivity contribution is 7.91. The van der Waals surface area contributed by atoms with Crippen LogP contribution in [0.2, 0.25) is 0 Å². The van der Waals surface area contributed by atoms with Crippen LogP contribution in [0.15, 0.2) is 93.6 Å². The Morgan fingerprint density at radius 1 is 0.691 bits per heavy atom. The van der Waals surface area contributed by atoms with Gasteiger partial charge in [0.1, 0.15) is 9.84 Å². The zero-order valence-electron chi connectivity index (χ0n) is 29.9. The Kier molecular flexibility index (Phi) is 14.1. The maximum atomic E-state index is 12.8. The fourth-order valence-corrected chi connectivity index (χ4v) is 11.0. The van der Waals surface area contributed by atoms with E-state index in [1.165, 1.54) is 46.9 Å². The minimum atomic E-state index is -3.34. The smallest absolute Gasteiger partial charge is 0.257 e. The van der Waals surface area contributed by atoms with Crippen molar-refractivity contribution < 1.29 is 39.1 Å². The number of hydrogen-bond donors (Lipinski definition) is 2. The molecule has 55 heavy (non-hydrogen) atoms. The van der Waals surface area contributed by atoms with E-state index in [-0.39, 0.29) is 44.9 Å². The lowest BCUT2D eigenvalue weighted by Crippen LogP contribution is -2.23. The van der Waals surface area contributed by atoms with E-state index in [2.05, 4.69) is 20.6 Å². The standard InChI is InChI=1S/C18H20N2O5S3.C18H20N2O4S3/c1-27(22,23)15-4-2-14(3-5-15)16(17(21)20-18-19-8-9-26-18)12-13-6-10-28(24,25)11-7-13;1-27(23,24)15-4-2-14(3-5-15)16(12-13-6-10-26(22)11-7-13)17(21)20-18-19-8-9-25-18/h2-5,8-9,12-13H,6-7,10-11H2,1H3,(H,19,20,21);2-5,8-9,12-13H,6-7,10-11H2,1H3,(H,19,20,21)/b2*16-12+. The number of carbonyl (C=O) groups excluding carboxylic acids is 2. The first kappa shape index (κ1) is 42.3. The summed E-state index contributed by atoms with van der Waals surface area (Å²) in [6, 6.07) is 12.4. The number of nitrogens with zero attached hydrogens (tertiary/aromatic N) is 2. The summed E-state index contributed by atoms with van der Waals surface area (Å²) in [5.74, 6) is 0.930. The zero-order valence-corrected chi connectivity index (χ0v) is 34.8. The topological polar surface area (TPSA) is 203 Å². The largest absolute Gasteiger partial charge is 0.298 e. The molecule has 0 bridgehead atoms. The maximum absolute atomic E-state index is 12.8. The number of carbonyl (C=O) groups is 2. The van der Waals surface area contributed by atoms with Gasteiger partial charge in [-0.3, -0.25) is 24.4 Å². The average molecular weight is 865 g/mol. The van der Waals surface area contributed by atoms with Crippen molar-refractivity contribution in [2.75, 3.05) is 46.2 Å². The molecule has 0 saturated carbocycles. The van der Waals surface area contributed by atoms with Crippen molar-refractivity contribution >= 4 is 96.2 Å². The third-order valence-electron chi connectivity index (χ3n) is 8.82. The van der Waals surface area contributed by atoms with Crippen molar-refractivity contribution in [3.63, 3.8) is 0 Å². The molecule has 2 aliphatic rings. The van der Waals surface area contributed by atoms with E-state index in [0.717, 1.165) is 25.4 Å². The fraction of sp³-hybridized carbons (Fsp3) is 0.333. The predicted molar refractivity (Wildman–Crippen MR) is 219 cm³/mol. The monoisotopic (exact) mass is 864 g/mol. The molecule has 2 N–H and O–H groups in total. The molecule has 2 fully saturated rings. The fourth-order valence-electron chi connectivity index (χ4n) is 5.79.